The first kappa shape index (κ1) is 12.2. The van der Waals surface area contributed by atoms with Crippen molar-refractivity contribution in [2.75, 3.05) is 13.1 Å². The van der Waals surface area contributed by atoms with Gasteiger partial charge in [0.15, 0.2) is 0 Å². The van der Waals surface area contributed by atoms with E-state index in [2.05, 4.69) is 53.9 Å². The minimum absolute atomic E-state index is 0.173. The Bertz CT molecular complexity index is 618. The van der Waals surface area contributed by atoms with Crippen LogP contribution in [-0.2, 0) is 6.42 Å². The van der Waals surface area contributed by atoms with E-state index in [0.29, 0.717) is 0 Å². The van der Waals surface area contributed by atoms with E-state index in [0.717, 1.165) is 32.4 Å². The second-order valence-electron chi connectivity index (χ2n) is 5.50. The molecule has 1 aliphatic heterocycles. The minimum atomic E-state index is -0.173. The van der Waals surface area contributed by atoms with Crippen molar-refractivity contribution in [2.45, 2.75) is 19.3 Å². The summed E-state index contributed by atoms with van der Waals surface area (Å²) in [5.41, 5.74) is 1.11. The maximum absolute atomic E-state index is 9.54. The van der Waals surface area contributed by atoms with E-state index in [-0.39, 0.29) is 5.41 Å². The van der Waals surface area contributed by atoms with Crippen molar-refractivity contribution >= 4 is 10.8 Å². The van der Waals surface area contributed by atoms with Crippen LogP contribution in [0.25, 0.3) is 10.8 Å². The molecule has 0 saturated carbocycles. The van der Waals surface area contributed by atoms with Crippen LogP contribution < -0.4 is 5.32 Å². The zero-order valence-corrected chi connectivity index (χ0v) is 11.0. The van der Waals surface area contributed by atoms with Crippen LogP contribution in [0.1, 0.15) is 18.4 Å². The van der Waals surface area contributed by atoms with Crippen molar-refractivity contribution in [3.05, 3.63) is 48.0 Å². The Hall–Kier alpha value is -1.85. The summed E-state index contributed by atoms with van der Waals surface area (Å²) in [5.74, 6) is 0. The Morgan fingerprint density at radius 2 is 1.79 bits per heavy atom. The van der Waals surface area contributed by atoms with Crippen LogP contribution in [0, 0.1) is 16.7 Å². The second-order valence-corrected chi connectivity index (χ2v) is 5.50. The zero-order chi connectivity index (χ0) is 13.1. The van der Waals surface area contributed by atoms with Gasteiger partial charge in [-0.3, -0.25) is 0 Å². The lowest BCUT2D eigenvalue weighted by atomic mass is 9.75. The predicted octanol–water partition coefficient (Wildman–Crippen LogP) is 3.28. The standard InChI is InChI=1S/C17H18N2/c18-13-17(7-9-19-10-8-17)12-14-5-6-15-3-1-2-4-16(15)11-14/h1-6,11,19H,7-10,12H2. The Balaban J connectivity index is 1.90. The monoisotopic (exact) mass is 250 g/mol. The molecule has 0 spiro atoms. The number of fused-ring (bicyclic) bond motifs is 1. The molecule has 2 aromatic rings. The topological polar surface area (TPSA) is 35.8 Å². The van der Waals surface area contributed by atoms with Crippen molar-refractivity contribution in [3.8, 4) is 6.07 Å². The van der Waals surface area contributed by atoms with Crippen molar-refractivity contribution in [2.24, 2.45) is 5.41 Å². The molecule has 96 valence electrons. The van der Waals surface area contributed by atoms with Gasteiger partial charge < -0.3 is 5.32 Å². The molecule has 0 radical (unpaired) electrons. The van der Waals surface area contributed by atoms with Gasteiger partial charge in [-0.25, -0.2) is 0 Å². The van der Waals surface area contributed by atoms with E-state index in [1.165, 1.54) is 16.3 Å². The fourth-order valence-electron chi connectivity index (χ4n) is 2.97. The molecule has 2 heteroatoms. The van der Waals surface area contributed by atoms with E-state index < -0.39 is 0 Å². The Morgan fingerprint density at radius 1 is 1.05 bits per heavy atom. The smallest absolute Gasteiger partial charge is 0.0694 e. The fourth-order valence-corrected chi connectivity index (χ4v) is 2.97. The molecule has 2 aromatic carbocycles. The molecule has 1 N–H and O–H groups in total. The summed E-state index contributed by atoms with van der Waals surface area (Å²) < 4.78 is 0. The van der Waals surface area contributed by atoms with Crippen LogP contribution in [0.2, 0.25) is 0 Å². The van der Waals surface area contributed by atoms with Gasteiger partial charge in [-0.2, -0.15) is 5.26 Å². The fraction of sp³-hybridized carbons (Fsp3) is 0.353. The molecular formula is C17H18N2. The third-order valence-corrected chi connectivity index (χ3v) is 4.15. The third-order valence-electron chi connectivity index (χ3n) is 4.15. The maximum atomic E-state index is 9.54. The van der Waals surface area contributed by atoms with Crippen LogP contribution in [0.3, 0.4) is 0 Å². The SMILES string of the molecule is N#CC1(Cc2ccc3ccccc3c2)CCNCC1. The number of benzene rings is 2. The molecule has 0 aliphatic carbocycles. The van der Waals surface area contributed by atoms with Crippen molar-refractivity contribution in [1.82, 2.24) is 5.32 Å². The molecule has 0 aromatic heterocycles. The molecule has 0 atom stereocenters. The van der Waals surface area contributed by atoms with Gasteiger partial charge in [0.2, 0.25) is 0 Å². The highest BCUT2D eigenvalue weighted by Gasteiger charge is 2.32. The quantitative estimate of drug-likeness (QED) is 0.888. The number of nitriles is 1. The number of hydrogen-bond donors (Lipinski definition) is 1. The highest BCUT2D eigenvalue weighted by atomic mass is 14.9. The number of nitrogens with one attached hydrogen (secondary N) is 1. The molecule has 0 amide bonds. The Morgan fingerprint density at radius 3 is 2.53 bits per heavy atom. The number of nitrogens with zero attached hydrogens (tertiary/aromatic N) is 1. The van der Waals surface area contributed by atoms with E-state index in [9.17, 15) is 5.26 Å². The lowest BCUT2D eigenvalue weighted by Gasteiger charge is -2.31. The highest BCUT2D eigenvalue weighted by Crippen LogP contribution is 2.32. The molecular weight excluding hydrogens is 232 g/mol. The van der Waals surface area contributed by atoms with Crippen molar-refractivity contribution in [1.29, 1.82) is 5.26 Å². The van der Waals surface area contributed by atoms with Crippen molar-refractivity contribution in [3.63, 3.8) is 0 Å². The second kappa shape index (κ2) is 5.03. The summed E-state index contributed by atoms with van der Waals surface area (Å²) in [5, 5.41) is 15.4. The van der Waals surface area contributed by atoms with Gasteiger partial charge in [0.25, 0.3) is 0 Å². The number of rotatable bonds is 2. The van der Waals surface area contributed by atoms with Gasteiger partial charge in [0, 0.05) is 0 Å². The molecule has 3 rings (SSSR count). The normalized spacial score (nSPS) is 18.1. The van der Waals surface area contributed by atoms with Gasteiger partial charge >= 0.3 is 0 Å². The summed E-state index contributed by atoms with van der Waals surface area (Å²) >= 11 is 0. The summed E-state index contributed by atoms with van der Waals surface area (Å²) in [7, 11) is 0. The van der Waals surface area contributed by atoms with E-state index >= 15 is 0 Å². The summed E-state index contributed by atoms with van der Waals surface area (Å²) in [6, 6.07) is 17.5. The molecule has 1 aliphatic rings. The molecule has 0 unspecified atom stereocenters. The zero-order valence-electron chi connectivity index (χ0n) is 11.0. The Kier molecular flexibility index (Phi) is 3.23. The van der Waals surface area contributed by atoms with E-state index in [1.807, 2.05) is 0 Å². The lowest BCUT2D eigenvalue weighted by Crippen LogP contribution is -2.37. The average molecular weight is 250 g/mol. The molecule has 19 heavy (non-hydrogen) atoms. The number of piperidine rings is 1. The first-order valence-electron chi connectivity index (χ1n) is 6.91. The third kappa shape index (κ3) is 2.47. The van der Waals surface area contributed by atoms with Gasteiger partial charge in [0.05, 0.1) is 11.5 Å². The summed E-state index contributed by atoms with van der Waals surface area (Å²) in [6.07, 6.45) is 2.78. The van der Waals surface area contributed by atoms with E-state index in [1.54, 1.807) is 0 Å². The first-order chi connectivity index (χ1) is 9.31. The summed E-state index contributed by atoms with van der Waals surface area (Å²) in [6.45, 7) is 1.92. The minimum Gasteiger partial charge on any atom is -0.317 e. The molecule has 1 fully saturated rings. The van der Waals surface area contributed by atoms with Crippen LogP contribution in [0.5, 0.6) is 0 Å². The molecule has 1 heterocycles. The number of hydrogen-bond acceptors (Lipinski definition) is 2. The highest BCUT2D eigenvalue weighted by molar-refractivity contribution is 5.83. The van der Waals surface area contributed by atoms with Crippen molar-refractivity contribution < 1.29 is 0 Å². The van der Waals surface area contributed by atoms with Crippen LogP contribution in [-0.4, -0.2) is 13.1 Å². The average Bonchev–Trinajstić information content (AvgIpc) is 2.48. The Labute approximate surface area is 114 Å². The predicted molar refractivity (Wildman–Crippen MR) is 77.8 cm³/mol. The lowest BCUT2D eigenvalue weighted by molar-refractivity contribution is 0.280. The van der Waals surface area contributed by atoms with Crippen LogP contribution >= 0.6 is 0 Å². The molecule has 1 saturated heterocycles. The van der Waals surface area contributed by atoms with Gasteiger partial charge in [-0.15, -0.1) is 0 Å². The molecule has 0 bridgehead atoms. The van der Waals surface area contributed by atoms with Crippen LogP contribution in [0.4, 0.5) is 0 Å². The maximum Gasteiger partial charge on any atom is 0.0694 e. The first-order valence-corrected chi connectivity index (χ1v) is 6.91. The largest absolute Gasteiger partial charge is 0.317 e. The molecule has 2 nitrogen and oxygen atoms in total. The van der Waals surface area contributed by atoms with Crippen LogP contribution in [0.15, 0.2) is 42.5 Å². The summed E-state index contributed by atoms with van der Waals surface area (Å²) in [4.78, 5) is 0. The van der Waals surface area contributed by atoms with Gasteiger partial charge in [-0.1, -0.05) is 42.5 Å². The van der Waals surface area contributed by atoms with Gasteiger partial charge in [0.1, 0.15) is 0 Å². The van der Waals surface area contributed by atoms with E-state index in [4.69, 9.17) is 0 Å². The van der Waals surface area contributed by atoms with Gasteiger partial charge in [-0.05, 0) is 48.7 Å².